The first-order valence-electron chi connectivity index (χ1n) is 8.28. The number of hydrogen-bond donors (Lipinski definition) is 3. The second kappa shape index (κ2) is 8.69. The summed E-state index contributed by atoms with van der Waals surface area (Å²) in [6.45, 7) is 0.395. The molecule has 1 aliphatic carbocycles. The van der Waals surface area contributed by atoms with Gasteiger partial charge in [-0.3, -0.25) is 9.52 Å². The monoisotopic (exact) mass is 413 g/mol. The van der Waals surface area contributed by atoms with Crippen molar-refractivity contribution in [2.75, 3.05) is 11.3 Å². The zero-order chi connectivity index (χ0) is 18.7. The molecule has 1 fully saturated rings. The summed E-state index contributed by atoms with van der Waals surface area (Å²) in [6, 6.07) is 10.6. The van der Waals surface area contributed by atoms with E-state index in [1.54, 1.807) is 12.1 Å². The molecule has 6 nitrogen and oxygen atoms in total. The van der Waals surface area contributed by atoms with Gasteiger partial charge in [0, 0.05) is 23.8 Å². The van der Waals surface area contributed by atoms with Gasteiger partial charge in [-0.1, -0.05) is 0 Å². The van der Waals surface area contributed by atoms with Crippen LogP contribution in [0.2, 0.25) is 0 Å². The molecule has 0 bridgehead atoms. The lowest BCUT2D eigenvalue weighted by molar-refractivity contribution is 0.0933. The topological polar surface area (TPSA) is 101 Å². The van der Waals surface area contributed by atoms with Crippen LogP contribution < -0.4 is 15.8 Å². The third kappa shape index (κ3) is 5.41. The summed E-state index contributed by atoms with van der Waals surface area (Å²) >= 11 is 0. The van der Waals surface area contributed by atoms with E-state index in [0.717, 1.165) is 25.0 Å². The zero-order valence-corrected chi connectivity index (χ0v) is 16.0. The summed E-state index contributed by atoms with van der Waals surface area (Å²) in [7, 11) is -3.82. The Kier molecular flexibility index (Phi) is 6.80. The first kappa shape index (κ1) is 21.1. The highest BCUT2D eigenvalue weighted by molar-refractivity contribution is 7.92. The van der Waals surface area contributed by atoms with Gasteiger partial charge in [0.2, 0.25) is 0 Å². The summed E-state index contributed by atoms with van der Waals surface area (Å²) in [4.78, 5) is 12.2. The lowest BCUT2D eigenvalue weighted by atomic mass is 10.1. The van der Waals surface area contributed by atoms with Gasteiger partial charge < -0.3 is 11.1 Å². The predicted octanol–water partition coefficient (Wildman–Crippen LogP) is 2.52. The molecular formula is C18H21ClFN3O3S. The van der Waals surface area contributed by atoms with Gasteiger partial charge in [-0.05, 0) is 67.3 Å². The Morgan fingerprint density at radius 1 is 1.11 bits per heavy atom. The van der Waals surface area contributed by atoms with E-state index in [1.807, 2.05) is 0 Å². The minimum Gasteiger partial charge on any atom is -0.348 e. The van der Waals surface area contributed by atoms with Gasteiger partial charge in [0.1, 0.15) is 5.82 Å². The Bertz CT molecular complexity index is 885. The highest BCUT2D eigenvalue weighted by Gasteiger charge is 2.31. The summed E-state index contributed by atoms with van der Waals surface area (Å²) in [6.07, 6.45) is 2.15. The predicted molar refractivity (Wildman–Crippen MR) is 104 cm³/mol. The molecule has 4 N–H and O–H groups in total. The van der Waals surface area contributed by atoms with Crippen molar-refractivity contribution < 1.29 is 17.6 Å². The van der Waals surface area contributed by atoms with Crippen molar-refractivity contribution in [3.8, 4) is 0 Å². The molecule has 3 rings (SSSR count). The zero-order valence-electron chi connectivity index (χ0n) is 14.4. The Hall–Kier alpha value is -2.16. The molecule has 0 aromatic heterocycles. The van der Waals surface area contributed by atoms with Crippen molar-refractivity contribution in [1.29, 1.82) is 0 Å². The molecule has 0 aliphatic heterocycles. The Morgan fingerprint density at radius 3 is 2.22 bits per heavy atom. The van der Waals surface area contributed by atoms with Crippen molar-refractivity contribution in [3.63, 3.8) is 0 Å². The van der Waals surface area contributed by atoms with Gasteiger partial charge >= 0.3 is 0 Å². The highest BCUT2D eigenvalue weighted by atomic mass is 35.5. The number of benzene rings is 2. The molecule has 1 amide bonds. The van der Waals surface area contributed by atoms with Crippen molar-refractivity contribution in [2.45, 2.75) is 23.8 Å². The average Bonchev–Trinajstić information content (AvgIpc) is 3.45. The van der Waals surface area contributed by atoms with Gasteiger partial charge in [-0.25, -0.2) is 12.8 Å². The van der Waals surface area contributed by atoms with Crippen LogP contribution in [0.3, 0.4) is 0 Å². The molecule has 0 saturated heterocycles. The molecular weight excluding hydrogens is 393 g/mol. The fraction of sp³-hybridized carbons (Fsp3) is 0.278. The number of sulfonamides is 1. The van der Waals surface area contributed by atoms with Crippen LogP contribution in [0.4, 0.5) is 10.1 Å². The number of nitrogens with one attached hydrogen (secondary N) is 2. The normalized spacial score (nSPS) is 14.7. The molecule has 0 heterocycles. The Balaban J connectivity index is 0.00000261. The molecule has 0 radical (unpaired) electrons. The third-order valence-corrected chi connectivity index (χ3v) is 5.68. The number of carbonyl (C=O) groups excluding carboxylic acids is 1. The maximum Gasteiger partial charge on any atom is 0.261 e. The van der Waals surface area contributed by atoms with E-state index in [4.69, 9.17) is 5.73 Å². The molecule has 27 heavy (non-hydrogen) atoms. The van der Waals surface area contributed by atoms with E-state index in [0.29, 0.717) is 23.7 Å². The molecule has 146 valence electrons. The molecule has 2 aromatic rings. The first-order chi connectivity index (χ1) is 12.4. The van der Waals surface area contributed by atoms with E-state index in [9.17, 15) is 17.6 Å². The number of nitrogens with two attached hydrogens (primary N) is 1. The van der Waals surface area contributed by atoms with Crippen LogP contribution >= 0.6 is 12.4 Å². The Labute approximate surface area is 163 Å². The van der Waals surface area contributed by atoms with E-state index in [1.165, 1.54) is 24.3 Å². The quantitative estimate of drug-likeness (QED) is 0.649. The summed E-state index contributed by atoms with van der Waals surface area (Å²) in [5.74, 6) is -0.299. The van der Waals surface area contributed by atoms with Gasteiger partial charge in [0.25, 0.3) is 15.9 Å². The Morgan fingerprint density at radius 2 is 1.70 bits per heavy atom. The molecule has 1 aliphatic rings. The van der Waals surface area contributed by atoms with Crippen LogP contribution in [0.1, 0.15) is 23.2 Å². The number of anilines is 1. The van der Waals surface area contributed by atoms with Gasteiger partial charge in [0.05, 0.1) is 4.90 Å². The van der Waals surface area contributed by atoms with Crippen molar-refractivity contribution in [2.24, 2.45) is 11.7 Å². The maximum atomic E-state index is 12.9. The summed E-state index contributed by atoms with van der Waals surface area (Å²) in [5, 5.41) is 2.91. The third-order valence-electron chi connectivity index (χ3n) is 4.28. The fourth-order valence-electron chi connectivity index (χ4n) is 2.64. The molecule has 9 heteroatoms. The van der Waals surface area contributed by atoms with Crippen molar-refractivity contribution in [1.82, 2.24) is 5.32 Å². The molecule has 1 unspecified atom stereocenters. The second-order valence-corrected chi connectivity index (χ2v) is 7.97. The largest absolute Gasteiger partial charge is 0.348 e. The minimum absolute atomic E-state index is 0. The van der Waals surface area contributed by atoms with E-state index in [2.05, 4.69) is 10.0 Å². The van der Waals surface area contributed by atoms with Crippen molar-refractivity contribution >= 4 is 34.0 Å². The van der Waals surface area contributed by atoms with Crippen molar-refractivity contribution in [3.05, 3.63) is 59.9 Å². The van der Waals surface area contributed by atoms with Crippen LogP contribution in [-0.4, -0.2) is 26.9 Å². The molecule has 0 spiro atoms. The lowest BCUT2D eigenvalue weighted by Crippen LogP contribution is -2.41. The smallest absolute Gasteiger partial charge is 0.261 e. The average molecular weight is 414 g/mol. The van der Waals surface area contributed by atoms with Gasteiger partial charge in [-0.2, -0.15) is 0 Å². The van der Waals surface area contributed by atoms with Crippen LogP contribution in [0, 0.1) is 11.7 Å². The number of rotatable bonds is 7. The van der Waals surface area contributed by atoms with Crippen LogP contribution in [0.15, 0.2) is 53.4 Å². The van der Waals surface area contributed by atoms with Gasteiger partial charge in [0.15, 0.2) is 0 Å². The SMILES string of the molecule is Cl.NCC(NC(=O)c1ccc(NS(=O)(=O)c2ccc(F)cc2)cc1)C1CC1. The fourth-order valence-corrected chi connectivity index (χ4v) is 3.70. The number of hydrogen-bond acceptors (Lipinski definition) is 4. The standard InChI is InChI=1S/C18H20FN3O3S.ClH/c19-14-5-9-16(10-6-14)26(24,25)22-15-7-3-13(4-8-15)18(23)21-17(11-20)12-1-2-12;/h3-10,12,17,22H,1-2,11,20H2,(H,21,23);1H. The molecule has 1 atom stereocenters. The highest BCUT2D eigenvalue weighted by Crippen LogP contribution is 2.32. The number of amides is 1. The maximum absolute atomic E-state index is 12.9. The lowest BCUT2D eigenvalue weighted by Gasteiger charge is -2.16. The minimum atomic E-state index is -3.82. The van der Waals surface area contributed by atoms with Crippen LogP contribution in [0.25, 0.3) is 0 Å². The molecule has 2 aromatic carbocycles. The van der Waals surface area contributed by atoms with Crippen LogP contribution in [-0.2, 0) is 10.0 Å². The number of halogens is 2. The van der Waals surface area contributed by atoms with E-state index in [-0.39, 0.29) is 29.3 Å². The van der Waals surface area contributed by atoms with E-state index < -0.39 is 15.8 Å². The van der Waals surface area contributed by atoms with E-state index >= 15 is 0 Å². The summed E-state index contributed by atoms with van der Waals surface area (Å²) in [5.41, 5.74) is 6.42. The van der Waals surface area contributed by atoms with Gasteiger partial charge in [-0.15, -0.1) is 12.4 Å². The molecule has 1 saturated carbocycles. The number of carbonyl (C=O) groups is 1. The second-order valence-electron chi connectivity index (χ2n) is 6.29. The summed E-state index contributed by atoms with van der Waals surface area (Å²) < 4.78 is 39.9. The van der Waals surface area contributed by atoms with Crippen LogP contribution in [0.5, 0.6) is 0 Å². The first-order valence-corrected chi connectivity index (χ1v) is 9.77.